The van der Waals surface area contributed by atoms with Gasteiger partial charge in [-0.15, -0.1) is 0 Å². The first-order chi connectivity index (χ1) is 11.0. The first-order valence-corrected chi connectivity index (χ1v) is 8.37. The monoisotopic (exact) mass is 347 g/mol. The summed E-state index contributed by atoms with van der Waals surface area (Å²) < 4.78 is 0. The minimum Gasteiger partial charge on any atom is -0.384 e. The standard InChI is InChI=1S/C18H19Cl2N3/c1-23-17-7-5-12(10-3-6-15(19)16(20)9-10)13-4-2-11(18(21)22)8-14(13)17/h2-4,6,8-9,12,17,23H,5,7H2,1H3,(H3,21,22). The van der Waals surface area contributed by atoms with E-state index in [4.69, 9.17) is 34.3 Å². The van der Waals surface area contributed by atoms with Crippen LogP contribution in [0.4, 0.5) is 0 Å². The molecule has 2 aromatic rings. The third kappa shape index (κ3) is 3.09. The van der Waals surface area contributed by atoms with Crippen molar-refractivity contribution in [3.05, 3.63) is 68.7 Å². The van der Waals surface area contributed by atoms with Crippen LogP contribution in [0.3, 0.4) is 0 Å². The number of hydrogen-bond acceptors (Lipinski definition) is 2. The number of hydrogen-bond donors (Lipinski definition) is 3. The van der Waals surface area contributed by atoms with E-state index in [9.17, 15) is 0 Å². The van der Waals surface area contributed by atoms with Gasteiger partial charge in [0.05, 0.1) is 10.0 Å². The molecule has 0 aromatic heterocycles. The highest BCUT2D eigenvalue weighted by Gasteiger charge is 2.28. The topological polar surface area (TPSA) is 61.9 Å². The first-order valence-electron chi connectivity index (χ1n) is 7.61. The minimum atomic E-state index is 0.0966. The molecule has 4 N–H and O–H groups in total. The number of nitrogen functional groups attached to an aromatic ring is 1. The number of rotatable bonds is 3. The van der Waals surface area contributed by atoms with Crippen molar-refractivity contribution in [2.24, 2.45) is 5.73 Å². The fourth-order valence-corrected chi connectivity index (χ4v) is 3.69. The van der Waals surface area contributed by atoms with E-state index < -0.39 is 0 Å². The predicted molar refractivity (Wildman–Crippen MR) is 96.8 cm³/mol. The van der Waals surface area contributed by atoms with E-state index in [1.807, 2.05) is 37.4 Å². The van der Waals surface area contributed by atoms with Gasteiger partial charge in [0.15, 0.2) is 0 Å². The molecule has 0 radical (unpaired) electrons. The number of halogens is 2. The Morgan fingerprint density at radius 1 is 1.09 bits per heavy atom. The van der Waals surface area contributed by atoms with E-state index in [1.54, 1.807) is 0 Å². The molecule has 120 valence electrons. The highest BCUT2D eigenvalue weighted by atomic mass is 35.5. The Morgan fingerprint density at radius 3 is 2.52 bits per heavy atom. The van der Waals surface area contributed by atoms with E-state index in [0.717, 1.165) is 18.4 Å². The highest BCUT2D eigenvalue weighted by Crippen LogP contribution is 2.42. The molecular weight excluding hydrogens is 329 g/mol. The maximum absolute atomic E-state index is 7.67. The molecule has 0 saturated heterocycles. The second kappa shape index (κ2) is 6.52. The van der Waals surface area contributed by atoms with Crippen LogP contribution in [-0.2, 0) is 0 Å². The average Bonchev–Trinajstić information content (AvgIpc) is 2.55. The summed E-state index contributed by atoms with van der Waals surface area (Å²) in [4.78, 5) is 0. The SMILES string of the molecule is CNC1CCC(c2ccc(Cl)c(Cl)c2)c2ccc(C(=N)N)cc21. The van der Waals surface area contributed by atoms with E-state index in [0.29, 0.717) is 10.0 Å². The van der Waals surface area contributed by atoms with Crippen LogP contribution in [0.2, 0.25) is 10.0 Å². The number of nitrogens with one attached hydrogen (secondary N) is 2. The highest BCUT2D eigenvalue weighted by molar-refractivity contribution is 6.42. The molecule has 1 aliphatic rings. The van der Waals surface area contributed by atoms with Crippen LogP contribution in [0, 0.1) is 5.41 Å². The lowest BCUT2D eigenvalue weighted by atomic mass is 9.76. The van der Waals surface area contributed by atoms with Crippen molar-refractivity contribution in [3.8, 4) is 0 Å². The molecule has 23 heavy (non-hydrogen) atoms. The molecule has 2 unspecified atom stereocenters. The quantitative estimate of drug-likeness (QED) is 0.566. The zero-order valence-corrected chi connectivity index (χ0v) is 14.4. The summed E-state index contributed by atoms with van der Waals surface area (Å²) in [6.45, 7) is 0. The zero-order valence-electron chi connectivity index (χ0n) is 12.9. The molecular formula is C18H19Cl2N3. The molecule has 0 fully saturated rings. The Hall–Kier alpha value is -1.55. The lowest BCUT2D eigenvalue weighted by Crippen LogP contribution is -2.25. The van der Waals surface area contributed by atoms with Crippen LogP contribution in [0.25, 0.3) is 0 Å². The Labute approximate surface area is 146 Å². The predicted octanol–water partition coefficient (Wildman–Crippen LogP) is 4.46. The van der Waals surface area contributed by atoms with Crippen LogP contribution < -0.4 is 11.1 Å². The molecule has 0 amide bonds. The molecule has 2 aromatic carbocycles. The van der Waals surface area contributed by atoms with Crippen LogP contribution in [-0.4, -0.2) is 12.9 Å². The van der Waals surface area contributed by atoms with Crippen molar-refractivity contribution >= 4 is 29.0 Å². The van der Waals surface area contributed by atoms with Gasteiger partial charge in [-0.05, 0) is 54.8 Å². The molecule has 3 nitrogen and oxygen atoms in total. The molecule has 0 aliphatic heterocycles. The molecule has 5 heteroatoms. The van der Waals surface area contributed by atoms with Crippen molar-refractivity contribution in [3.63, 3.8) is 0 Å². The van der Waals surface area contributed by atoms with Crippen molar-refractivity contribution < 1.29 is 0 Å². The summed E-state index contributed by atoms with van der Waals surface area (Å²) in [6.07, 6.45) is 2.06. The fourth-order valence-electron chi connectivity index (χ4n) is 3.38. The van der Waals surface area contributed by atoms with Gasteiger partial charge < -0.3 is 11.1 Å². The van der Waals surface area contributed by atoms with Crippen LogP contribution in [0.15, 0.2) is 36.4 Å². The van der Waals surface area contributed by atoms with Gasteiger partial charge in [-0.2, -0.15) is 0 Å². The molecule has 3 rings (SSSR count). The Kier molecular flexibility index (Phi) is 4.62. The summed E-state index contributed by atoms with van der Waals surface area (Å²) in [7, 11) is 1.97. The van der Waals surface area contributed by atoms with Crippen molar-refractivity contribution in [2.45, 2.75) is 24.8 Å². The minimum absolute atomic E-state index is 0.0966. The lowest BCUT2D eigenvalue weighted by molar-refractivity contribution is 0.471. The van der Waals surface area contributed by atoms with Gasteiger partial charge in [0.25, 0.3) is 0 Å². The summed E-state index contributed by atoms with van der Waals surface area (Å²) in [5.74, 6) is 0.379. The van der Waals surface area contributed by atoms with Gasteiger partial charge in [-0.3, -0.25) is 5.41 Å². The number of fused-ring (bicyclic) bond motifs is 1. The molecule has 1 aliphatic carbocycles. The number of nitrogens with two attached hydrogens (primary N) is 1. The van der Waals surface area contributed by atoms with Gasteiger partial charge in [0.2, 0.25) is 0 Å². The van der Waals surface area contributed by atoms with E-state index in [1.165, 1.54) is 16.7 Å². The maximum atomic E-state index is 7.67. The molecule has 0 saturated carbocycles. The third-order valence-corrected chi connectivity index (χ3v) is 5.33. The van der Waals surface area contributed by atoms with Gasteiger partial charge in [-0.1, -0.05) is 41.4 Å². The Bertz CT molecular complexity index is 758. The van der Waals surface area contributed by atoms with Gasteiger partial charge in [0, 0.05) is 17.5 Å². The van der Waals surface area contributed by atoms with Crippen LogP contribution in [0.5, 0.6) is 0 Å². The first kappa shape index (κ1) is 16.3. The van der Waals surface area contributed by atoms with E-state index in [-0.39, 0.29) is 17.8 Å². The average molecular weight is 348 g/mol. The van der Waals surface area contributed by atoms with E-state index in [2.05, 4.69) is 11.4 Å². The van der Waals surface area contributed by atoms with Gasteiger partial charge in [0.1, 0.15) is 5.84 Å². The number of benzene rings is 2. The Balaban J connectivity index is 2.08. The fraction of sp³-hybridized carbons (Fsp3) is 0.278. The van der Waals surface area contributed by atoms with Crippen molar-refractivity contribution in [1.29, 1.82) is 5.41 Å². The molecule has 0 spiro atoms. The summed E-state index contributed by atoms with van der Waals surface area (Å²) in [5, 5.41) is 12.2. The van der Waals surface area contributed by atoms with Crippen LogP contribution in [0.1, 0.15) is 47.1 Å². The van der Waals surface area contributed by atoms with Crippen molar-refractivity contribution in [1.82, 2.24) is 5.32 Å². The summed E-state index contributed by atoms with van der Waals surface area (Å²) in [5.41, 5.74) is 10.1. The second-order valence-electron chi connectivity index (χ2n) is 5.90. The summed E-state index contributed by atoms with van der Waals surface area (Å²) >= 11 is 12.2. The maximum Gasteiger partial charge on any atom is 0.122 e. The smallest absolute Gasteiger partial charge is 0.122 e. The number of amidine groups is 1. The lowest BCUT2D eigenvalue weighted by Gasteiger charge is -2.32. The third-order valence-electron chi connectivity index (χ3n) is 4.59. The Morgan fingerprint density at radius 2 is 1.87 bits per heavy atom. The molecule has 0 heterocycles. The van der Waals surface area contributed by atoms with Crippen molar-refractivity contribution in [2.75, 3.05) is 7.05 Å². The molecule has 2 atom stereocenters. The summed E-state index contributed by atoms with van der Waals surface area (Å²) in [6, 6.07) is 12.2. The molecule has 0 bridgehead atoms. The zero-order chi connectivity index (χ0) is 16.6. The largest absolute Gasteiger partial charge is 0.384 e. The van der Waals surface area contributed by atoms with Crippen LogP contribution >= 0.6 is 23.2 Å². The van der Waals surface area contributed by atoms with Gasteiger partial charge >= 0.3 is 0 Å². The normalized spacial score (nSPS) is 20.1. The van der Waals surface area contributed by atoms with Gasteiger partial charge in [-0.25, -0.2) is 0 Å². The van der Waals surface area contributed by atoms with E-state index >= 15 is 0 Å². The second-order valence-corrected chi connectivity index (χ2v) is 6.72.